The third-order valence-corrected chi connectivity index (χ3v) is 3.87. The molecule has 1 amide bonds. The monoisotopic (exact) mass is 350 g/mol. The number of aromatic nitrogens is 3. The van der Waals surface area contributed by atoms with Gasteiger partial charge in [-0.1, -0.05) is 29.8 Å². The maximum atomic E-state index is 12.4. The van der Waals surface area contributed by atoms with Crippen molar-refractivity contribution in [3.05, 3.63) is 40.7 Å². The maximum absolute atomic E-state index is 12.4. The summed E-state index contributed by atoms with van der Waals surface area (Å²) in [6.45, 7) is 4.96. The average Bonchev–Trinajstić information content (AvgIpc) is 2.96. The number of carbonyl (C=O) groups is 2. The maximum Gasteiger partial charge on any atom is 0.310 e. The van der Waals surface area contributed by atoms with Gasteiger partial charge in [-0.3, -0.25) is 9.59 Å². The van der Waals surface area contributed by atoms with Crippen LogP contribution in [0.1, 0.15) is 37.0 Å². The normalized spacial score (nSPS) is 11.3. The predicted molar refractivity (Wildman–Crippen MR) is 89.5 cm³/mol. The Bertz CT molecular complexity index is 770. The predicted octanol–water partition coefficient (Wildman–Crippen LogP) is 2.32. The molecule has 0 saturated heterocycles. The zero-order chi connectivity index (χ0) is 17.9. The second-order valence-electron chi connectivity index (χ2n) is 6.00. The van der Waals surface area contributed by atoms with Crippen LogP contribution in [-0.4, -0.2) is 38.5 Å². The van der Waals surface area contributed by atoms with Crippen molar-refractivity contribution in [1.29, 1.82) is 0 Å². The van der Waals surface area contributed by atoms with Crippen LogP contribution in [0.3, 0.4) is 0 Å². The number of aliphatic carboxylic acids is 1. The van der Waals surface area contributed by atoms with Gasteiger partial charge in [0.25, 0.3) is 5.91 Å². The fourth-order valence-electron chi connectivity index (χ4n) is 2.07. The molecule has 128 valence electrons. The summed E-state index contributed by atoms with van der Waals surface area (Å²) in [5.41, 5.74) is 0.448. The van der Waals surface area contributed by atoms with Gasteiger partial charge >= 0.3 is 5.97 Å². The standard InChI is InChI=1S/C16H19ClN4O3/c1-4-12-13(14(22)18-9-16(2,3)15(23)24)19-20-21(12)11-7-5-6-10(17)8-11/h5-8H,4,9H2,1-3H3,(H,18,22)(H,23,24). The van der Waals surface area contributed by atoms with E-state index in [2.05, 4.69) is 15.6 Å². The third-order valence-electron chi connectivity index (χ3n) is 3.64. The van der Waals surface area contributed by atoms with Crippen LogP contribution < -0.4 is 5.32 Å². The van der Waals surface area contributed by atoms with E-state index in [4.69, 9.17) is 16.7 Å². The molecule has 0 spiro atoms. The summed E-state index contributed by atoms with van der Waals surface area (Å²) in [6, 6.07) is 7.07. The molecule has 0 fully saturated rings. The van der Waals surface area contributed by atoms with Crippen LogP contribution in [0, 0.1) is 5.41 Å². The van der Waals surface area contributed by atoms with Crippen LogP contribution in [0.2, 0.25) is 5.02 Å². The summed E-state index contributed by atoms with van der Waals surface area (Å²) >= 11 is 5.99. The first-order valence-electron chi connectivity index (χ1n) is 7.48. The number of nitrogens with zero attached hydrogens (tertiary/aromatic N) is 3. The van der Waals surface area contributed by atoms with E-state index in [1.165, 1.54) is 0 Å². The fraction of sp³-hybridized carbons (Fsp3) is 0.375. The first-order valence-corrected chi connectivity index (χ1v) is 7.86. The number of benzene rings is 1. The second-order valence-corrected chi connectivity index (χ2v) is 6.44. The Morgan fingerprint density at radius 3 is 2.67 bits per heavy atom. The molecule has 0 aliphatic carbocycles. The topological polar surface area (TPSA) is 97.1 Å². The number of carboxylic acid groups (broad SMARTS) is 1. The van der Waals surface area contributed by atoms with Gasteiger partial charge in [0.2, 0.25) is 0 Å². The Morgan fingerprint density at radius 2 is 2.08 bits per heavy atom. The number of amides is 1. The van der Waals surface area contributed by atoms with Crippen molar-refractivity contribution in [2.24, 2.45) is 5.41 Å². The van der Waals surface area contributed by atoms with Crippen LogP contribution in [-0.2, 0) is 11.2 Å². The van der Waals surface area contributed by atoms with Gasteiger partial charge in [0.05, 0.1) is 16.8 Å². The summed E-state index contributed by atoms with van der Waals surface area (Å²) in [4.78, 5) is 23.5. The second kappa shape index (κ2) is 7.00. The highest BCUT2D eigenvalue weighted by Crippen LogP contribution is 2.18. The Labute approximate surface area is 144 Å². The van der Waals surface area contributed by atoms with Gasteiger partial charge in [0.15, 0.2) is 5.69 Å². The van der Waals surface area contributed by atoms with Crippen molar-refractivity contribution in [3.63, 3.8) is 0 Å². The zero-order valence-corrected chi connectivity index (χ0v) is 14.5. The number of carboxylic acids is 1. The summed E-state index contributed by atoms with van der Waals surface area (Å²) in [5.74, 6) is -1.43. The fourth-order valence-corrected chi connectivity index (χ4v) is 2.26. The summed E-state index contributed by atoms with van der Waals surface area (Å²) < 4.78 is 1.56. The van der Waals surface area contributed by atoms with E-state index in [1.807, 2.05) is 13.0 Å². The van der Waals surface area contributed by atoms with E-state index in [-0.39, 0.29) is 12.2 Å². The van der Waals surface area contributed by atoms with Crippen LogP contribution in [0.5, 0.6) is 0 Å². The minimum Gasteiger partial charge on any atom is -0.481 e. The number of hydrogen-bond donors (Lipinski definition) is 2. The third kappa shape index (κ3) is 3.73. The van der Waals surface area contributed by atoms with E-state index in [9.17, 15) is 9.59 Å². The van der Waals surface area contributed by atoms with Gasteiger partial charge < -0.3 is 10.4 Å². The average molecular weight is 351 g/mol. The highest BCUT2D eigenvalue weighted by Gasteiger charge is 2.29. The highest BCUT2D eigenvalue weighted by atomic mass is 35.5. The lowest BCUT2D eigenvalue weighted by Gasteiger charge is -2.19. The van der Waals surface area contributed by atoms with Gasteiger partial charge in [-0.2, -0.15) is 0 Å². The molecule has 0 atom stereocenters. The van der Waals surface area contributed by atoms with Gasteiger partial charge in [0, 0.05) is 11.6 Å². The quantitative estimate of drug-likeness (QED) is 0.833. The Kier molecular flexibility index (Phi) is 5.23. The first kappa shape index (κ1) is 17.9. The summed E-state index contributed by atoms with van der Waals surface area (Å²) in [5, 5.41) is 20.3. The Hall–Kier alpha value is -2.41. The van der Waals surface area contributed by atoms with Crippen LogP contribution >= 0.6 is 11.6 Å². The molecule has 8 heteroatoms. The molecular weight excluding hydrogens is 332 g/mol. The van der Waals surface area contributed by atoms with Crippen LogP contribution in [0.25, 0.3) is 5.69 Å². The zero-order valence-electron chi connectivity index (χ0n) is 13.7. The van der Waals surface area contributed by atoms with E-state index in [1.54, 1.807) is 36.7 Å². The van der Waals surface area contributed by atoms with E-state index in [0.717, 1.165) is 0 Å². The number of hydrogen-bond acceptors (Lipinski definition) is 4. The van der Waals surface area contributed by atoms with E-state index < -0.39 is 17.3 Å². The molecule has 1 aromatic heterocycles. The van der Waals surface area contributed by atoms with Crippen molar-refractivity contribution >= 4 is 23.5 Å². The van der Waals surface area contributed by atoms with Crippen molar-refractivity contribution in [3.8, 4) is 5.69 Å². The molecule has 2 N–H and O–H groups in total. The lowest BCUT2D eigenvalue weighted by atomic mass is 9.94. The van der Waals surface area contributed by atoms with Crippen molar-refractivity contribution in [1.82, 2.24) is 20.3 Å². The van der Waals surface area contributed by atoms with E-state index >= 15 is 0 Å². The molecule has 24 heavy (non-hydrogen) atoms. The molecule has 0 bridgehead atoms. The van der Waals surface area contributed by atoms with Crippen molar-refractivity contribution in [2.45, 2.75) is 27.2 Å². The summed E-state index contributed by atoms with van der Waals surface area (Å²) in [7, 11) is 0. The van der Waals surface area contributed by atoms with Crippen LogP contribution in [0.4, 0.5) is 0 Å². The minimum atomic E-state index is -1.06. The molecule has 2 rings (SSSR count). The SMILES string of the molecule is CCc1c(C(=O)NCC(C)(C)C(=O)O)nnn1-c1cccc(Cl)c1. The Balaban J connectivity index is 2.26. The van der Waals surface area contributed by atoms with Gasteiger partial charge in [-0.05, 0) is 38.5 Å². The van der Waals surface area contributed by atoms with Crippen molar-refractivity contribution in [2.75, 3.05) is 6.54 Å². The smallest absolute Gasteiger partial charge is 0.310 e. The molecule has 1 aromatic carbocycles. The summed E-state index contributed by atoms with van der Waals surface area (Å²) in [6.07, 6.45) is 0.532. The molecule has 0 aliphatic rings. The minimum absolute atomic E-state index is 0.00561. The largest absolute Gasteiger partial charge is 0.481 e. The van der Waals surface area contributed by atoms with Gasteiger partial charge in [-0.25, -0.2) is 4.68 Å². The highest BCUT2D eigenvalue weighted by molar-refractivity contribution is 6.30. The molecule has 7 nitrogen and oxygen atoms in total. The van der Waals surface area contributed by atoms with Gasteiger partial charge in [0.1, 0.15) is 0 Å². The lowest BCUT2D eigenvalue weighted by molar-refractivity contribution is -0.146. The number of nitrogens with one attached hydrogen (secondary N) is 1. The van der Waals surface area contributed by atoms with Gasteiger partial charge in [-0.15, -0.1) is 5.10 Å². The number of carbonyl (C=O) groups excluding carboxylic acids is 1. The molecule has 2 aromatic rings. The van der Waals surface area contributed by atoms with E-state index in [0.29, 0.717) is 22.8 Å². The number of rotatable bonds is 6. The van der Waals surface area contributed by atoms with Crippen molar-refractivity contribution < 1.29 is 14.7 Å². The first-order chi connectivity index (χ1) is 11.3. The molecule has 0 radical (unpaired) electrons. The number of halogens is 1. The molecule has 0 unspecified atom stereocenters. The Morgan fingerprint density at radius 1 is 1.38 bits per heavy atom. The van der Waals surface area contributed by atoms with Crippen LogP contribution in [0.15, 0.2) is 24.3 Å². The molecule has 0 saturated carbocycles. The molecule has 0 aliphatic heterocycles. The molecular formula is C16H19ClN4O3. The molecule has 1 heterocycles. The lowest BCUT2D eigenvalue weighted by Crippen LogP contribution is -2.39.